The fourth-order valence-corrected chi connectivity index (χ4v) is 4.26. The first-order valence-corrected chi connectivity index (χ1v) is 13.3. The molecular weight excluding hydrogens is 548 g/mol. The first-order chi connectivity index (χ1) is 20.0. The Labute approximate surface area is 242 Å². The van der Waals surface area contributed by atoms with Crippen LogP contribution in [0.25, 0.3) is 16.7 Å². The first kappa shape index (κ1) is 31.8. The predicted octanol–water partition coefficient (Wildman–Crippen LogP) is 6.08. The van der Waals surface area contributed by atoms with Crippen molar-refractivity contribution in [3.8, 4) is 22.6 Å². The molecule has 0 aliphatic heterocycles. The second kappa shape index (κ2) is 14.8. The number of carbonyl (C=O) groups is 3. The van der Waals surface area contributed by atoms with Gasteiger partial charge in [0.15, 0.2) is 11.6 Å². The zero-order valence-corrected chi connectivity index (χ0v) is 23.5. The van der Waals surface area contributed by atoms with Gasteiger partial charge in [-0.3, -0.25) is 14.4 Å². The fourth-order valence-electron chi connectivity index (χ4n) is 4.26. The third-order valence-corrected chi connectivity index (χ3v) is 6.38. The number of carboxylic acids is 2. The van der Waals surface area contributed by atoms with Crippen LogP contribution >= 0.6 is 0 Å². The van der Waals surface area contributed by atoms with Crippen molar-refractivity contribution in [1.29, 1.82) is 0 Å². The topological polar surface area (TPSA) is 113 Å². The molecule has 3 aromatic carbocycles. The average Bonchev–Trinajstić information content (AvgIpc) is 2.94. The van der Waals surface area contributed by atoms with E-state index in [0.717, 1.165) is 12.1 Å². The number of hydrogen-bond donors (Lipinski definition) is 2. The van der Waals surface area contributed by atoms with E-state index in [9.17, 15) is 28.3 Å². The molecule has 0 spiro atoms. The van der Waals surface area contributed by atoms with E-state index >= 15 is 0 Å². The van der Waals surface area contributed by atoms with Crippen molar-refractivity contribution in [2.45, 2.75) is 32.1 Å². The number of benzene rings is 3. The smallest absolute Gasteiger partial charge is 0.303 e. The van der Waals surface area contributed by atoms with Crippen LogP contribution < -0.4 is 9.47 Å². The monoisotopic (exact) mass is 581 g/mol. The molecule has 0 saturated heterocycles. The van der Waals surface area contributed by atoms with Crippen molar-refractivity contribution >= 4 is 23.4 Å². The summed E-state index contributed by atoms with van der Waals surface area (Å²) in [5.41, 5.74) is 3.17. The van der Waals surface area contributed by atoms with Gasteiger partial charge in [0.1, 0.15) is 11.5 Å². The Bertz CT molecular complexity index is 1470. The van der Waals surface area contributed by atoms with Crippen LogP contribution in [0.5, 0.6) is 11.5 Å². The van der Waals surface area contributed by atoms with Crippen molar-refractivity contribution in [3.05, 3.63) is 89.5 Å². The van der Waals surface area contributed by atoms with Gasteiger partial charge in [-0.15, -0.1) is 0 Å². The van der Waals surface area contributed by atoms with E-state index in [2.05, 4.69) is 6.58 Å². The summed E-state index contributed by atoms with van der Waals surface area (Å²) >= 11 is 0. The number of carbonyl (C=O) groups excluding carboxylic acids is 1. The van der Waals surface area contributed by atoms with E-state index in [1.54, 1.807) is 50.5 Å². The number of halogens is 2. The van der Waals surface area contributed by atoms with Gasteiger partial charge in [0.05, 0.1) is 13.2 Å². The van der Waals surface area contributed by atoms with Gasteiger partial charge in [-0.1, -0.05) is 24.8 Å². The molecule has 222 valence electrons. The lowest BCUT2D eigenvalue weighted by molar-refractivity contribution is -0.138. The number of aliphatic carboxylic acids is 2. The maximum Gasteiger partial charge on any atom is 0.303 e. The highest BCUT2D eigenvalue weighted by Gasteiger charge is 2.16. The van der Waals surface area contributed by atoms with E-state index < -0.39 is 23.6 Å². The third-order valence-electron chi connectivity index (χ3n) is 6.38. The second-order valence-corrected chi connectivity index (χ2v) is 9.80. The first-order valence-electron chi connectivity index (χ1n) is 13.3. The van der Waals surface area contributed by atoms with Crippen LogP contribution in [0.3, 0.4) is 0 Å². The van der Waals surface area contributed by atoms with E-state index in [1.165, 1.54) is 11.0 Å². The third kappa shape index (κ3) is 8.89. The van der Waals surface area contributed by atoms with Crippen molar-refractivity contribution < 1.29 is 42.9 Å². The molecule has 8 nitrogen and oxygen atoms in total. The quantitative estimate of drug-likeness (QED) is 0.209. The van der Waals surface area contributed by atoms with E-state index in [1.807, 2.05) is 0 Å². The second-order valence-electron chi connectivity index (χ2n) is 9.80. The van der Waals surface area contributed by atoms with Gasteiger partial charge >= 0.3 is 11.9 Å². The lowest BCUT2D eigenvalue weighted by atomic mass is 9.95. The molecule has 0 aromatic heterocycles. The normalized spacial score (nSPS) is 10.7. The molecule has 0 atom stereocenters. The lowest BCUT2D eigenvalue weighted by Gasteiger charge is -2.18. The molecule has 42 heavy (non-hydrogen) atoms. The van der Waals surface area contributed by atoms with Crippen LogP contribution in [-0.4, -0.2) is 60.3 Å². The maximum atomic E-state index is 13.9. The van der Waals surface area contributed by atoms with Crippen LogP contribution in [0.2, 0.25) is 0 Å². The summed E-state index contributed by atoms with van der Waals surface area (Å²) in [4.78, 5) is 36.2. The van der Waals surface area contributed by atoms with Crippen LogP contribution in [0.1, 0.15) is 47.2 Å². The van der Waals surface area contributed by atoms with Gasteiger partial charge in [0.25, 0.3) is 5.91 Å². The summed E-state index contributed by atoms with van der Waals surface area (Å²) in [6, 6.07) is 13.5. The van der Waals surface area contributed by atoms with E-state index in [-0.39, 0.29) is 38.4 Å². The van der Waals surface area contributed by atoms with Gasteiger partial charge < -0.3 is 24.6 Å². The predicted molar refractivity (Wildman–Crippen MR) is 154 cm³/mol. The number of carboxylic acid groups (broad SMARTS) is 2. The maximum absolute atomic E-state index is 13.9. The summed E-state index contributed by atoms with van der Waals surface area (Å²) in [5, 5.41) is 18.1. The Kier molecular flexibility index (Phi) is 11.2. The number of hydrogen-bond acceptors (Lipinski definition) is 5. The number of ether oxygens (including phenoxy) is 2. The van der Waals surface area contributed by atoms with Gasteiger partial charge in [0, 0.05) is 44.5 Å². The van der Waals surface area contributed by atoms with E-state index in [0.29, 0.717) is 57.7 Å². The van der Waals surface area contributed by atoms with Gasteiger partial charge in [-0.25, -0.2) is 8.78 Å². The highest BCUT2D eigenvalue weighted by Crippen LogP contribution is 2.32. The minimum Gasteiger partial charge on any atom is -0.493 e. The number of nitrogens with zero attached hydrogens (tertiary/aromatic N) is 1. The molecule has 10 heteroatoms. The molecule has 0 fully saturated rings. The number of rotatable bonds is 15. The lowest BCUT2D eigenvalue weighted by Crippen LogP contribution is -2.21. The Morgan fingerprint density at radius 2 is 1.57 bits per heavy atom. The zero-order chi connectivity index (χ0) is 30.8. The number of amides is 1. The SMILES string of the molecule is C=C(CCOc1cc(C(=O)N(C)C)cc(-c2ccc(F)c(F)c2)c1)c1cccc(OCCCC(=O)O)c1CCC(=O)O. The highest BCUT2D eigenvalue weighted by atomic mass is 19.2. The van der Waals surface area contributed by atoms with Crippen LogP contribution in [0.15, 0.2) is 61.2 Å². The standard InChI is InChI=1S/C32H33F2NO7/c1-20(25-6-4-7-29(26(25)10-12-31(38)39)42-14-5-8-30(36)37)13-15-41-24-17-22(16-23(18-24)32(40)35(2)3)21-9-11-27(33)28(34)19-21/h4,6-7,9,11,16-19H,1,5,8,10,12-15H2,2-3H3,(H,36,37)(H,38,39). The minimum absolute atomic E-state index is 0.0483. The summed E-state index contributed by atoms with van der Waals surface area (Å²) in [6.45, 7) is 4.47. The Morgan fingerprint density at radius 1 is 0.833 bits per heavy atom. The van der Waals surface area contributed by atoms with Crippen LogP contribution in [0.4, 0.5) is 8.78 Å². The molecule has 2 N–H and O–H groups in total. The summed E-state index contributed by atoms with van der Waals surface area (Å²) in [6.07, 6.45) is 0.647. The summed E-state index contributed by atoms with van der Waals surface area (Å²) in [5.74, 6) is -3.38. The molecule has 0 aliphatic rings. The minimum atomic E-state index is -1.01. The van der Waals surface area contributed by atoms with Crippen LogP contribution in [-0.2, 0) is 16.0 Å². The highest BCUT2D eigenvalue weighted by molar-refractivity contribution is 5.95. The molecule has 3 aromatic rings. The van der Waals surface area contributed by atoms with Gasteiger partial charge in [-0.2, -0.15) is 0 Å². The van der Waals surface area contributed by atoms with Gasteiger partial charge in [-0.05, 0) is 71.5 Å². The Balaban J connectivity index is 1.80. The summed E-state index contributed by atoms with van der Waals surface area (Å²) < 4.78 is 39.2. The zero-order valence-electron chi connectivity index (χ0n) is 23.5. The molecule has 0 radical (unpaired) electrons. The molecular formula is C32H33F2NO7. The fraction of sp³-hybridized carbons (Fsp3) is 0.281. The van der Waals surface area contributed by atoms with Crippen molar-refractivity contribution in [2.75, 3.05) is 27.3 Å². The average molecular weight is 582 g/mol. The molecule has 0 saturated carbocycles. The molecule has 0 bridgehead atoms. The summed E-state index contributed by atoms with van der Waals surface area (Å²) in [7, 11) is 3.20. The van der Waals surface area contributed by atoms with Crippen molar-refractivity contribution in [2.24, 2.45) is 0 Å². The van der Waals surface area contributed by atoms with E-state index in [4.69, 9.17) is 14.6 Å². The van der Waals surface area contributed by atoms with Crippen LogP contribution in [0, 0.1) is 11.6 Å². The largest absolute Gasteiger partial charge is 0.493 e. The molecule has 3 rings (SSSR count). The molecule has 1 amide bonds. The molecule has 0 aliphatic carbocycles. The Morgan fingerprint density at radius 3 is 2.24 bits per heavy atom. The molecule has 0 unspecified atom stereocenters. The van der Waals surface area contributed by atoms with Gasteiger partial charge in [0.2, 0.25) is 0 Å². The van der Waals surface area contributed by atoms with Crippen molar-refractivity contribution in [3.63, 3.8) is 0 Å². The molecule has 0 heterocycles. The Hall–Kier alpha value is -4.73. The van der Waals surface area contributed by atoms with Crippen molar-refractivity contribution in [1.82, 2.24) is 4.90 Å².